The molecule has 21 heavy (non-hydrogen) atoms. The molecule has 0 bridgehead atoms. The van der Waals surface area contributed by atoms with E-state index >= 15 is 0 Å². The van der Waals surface area contributed by atoms with E-state index < -0.39 is 21.9 Å². The number of hydrogen-bond donors (Lipinski definition) is 1. The highest BCUT2D eigenvalue weighted by Gasteiger charge is 2.37. The first-order valence-electron chi connectivity index (χ1n) is 6.75. The Bertz CT molecular complexity index is 628. The third-order valence-corrected chi connectivity index (χ3v) is 5.80. The molecule has 1 aromatic rings. The summed E-state index contributed by atoms with van der Waals surface area (Å²) in [5.41, 5.74) is 0. The minimum absolute atomic E-state index is 0.00996. The fourth-order valence-corrected chi connectivity index (χ4v) is 4.25. The molecular formula is C14H19NO5S. The van der Waals surface area contributed by atoms with Crippen LogP contribution in [0.4, 0.5) is 0 Å². The normalized spacial score (nSPS) is 23.7. The van der Waals surface area contributed by atoms with Crippen LogP contribution in [-0.2, 0) is 14.8 Å². The monoisotopic (exact) mass is 313 g/mol. The van der Waals surface area contributed by atoms with Gasteiger partial charge in [-0.05, 0) is 31.9 Å². The van der Waals surface area contributed by atoms with Crippen LogP contribution in [0, 0.1) is 5.92 Å². The zero-order valence-electron chi connectivity index (χ0n) is 12.0. The van der Waals surface area contributed by atoms with E-state index in [1.807, 2.05) is 0 Å². The van der Waals surface area contributed by atoms with Gasteiger partial charge in [-0.3, -0.25) is 4.79 Å². The second-order valence-corrected chi connectivity index (χ2v) is 7.11. The van der Waals surface area contributed by atoms with Crippen LogP contribution >= 0.6 is 0 Å². The van der Waals surface area contributed by atoms with E-state index in [0.717, 1.165) is 0 Å². The number of carboxylic acid groups (broad SMARTS) is 1. The summed E-state index contributed by atoms with van der Waals surface area (Å²) in [6.07, 6.45) is 1.04. The largest absolute Gasteiger partial charge is 0.497 e. The summed E-state index contributed by atoms with van der Waals surface area (Å²) in [5, 5.41) is 9.12. The number of ether oxygens (including phenoxy) is 1. The van der Waals surface area contributed by atoms with E-state index in [9.17, 15) is 13.2 Å². The number of sulfonamides is 1. The molecule has 0 aromatic heterocycles. The maximum atomic E-state index is 12.7. The Morgan fingerprint density at radius 1 is 1.38 bits per heavy atom. The molecule has 0 spiro atoms. The first kappa shape index (κ1) is 15.8. The lowest BCUT2D eigenvalue weighted by atomic mass is 9.96. The standard InChI is InChI=1S/C14H19NO5S/c1-10-6-7-11(14(16)17)9-15(10)21(18,19)13-5-3-4-12(8-13)20-2/h3-5,8,10-11H,6-7,9H2,1-2H3,(H,16,17). The van der Waals surface area contributed by atoms with Gasteiger partial charge < -0.3 is 9.84 Å². The highest BCUT2D eigenvalue weighted by molar-refractivity contribution is 7.89. The van der Waals surface area contributed by atoms with Crippen molar-refractivity contribution in [3.63, 3.8) is 0 Å². The molecule has 0 amide bonds. The summed E-state index contributed by atoms with van der Waals surface area (Å²) in [6.45, 7) is 1.81. The van der Waals surface area contributed by atoms with Gasteiger partial charge in [0, 0.05) is 18.7 Å². The Hall–Kier alpha value is -1.60. The van der Waals surface area contributed by atoms with Gasteiger partial charge in [-0.2, -0.15) is 4.31 Å². The maximum absolute atomic E-state index is 12.7. The van der Waals surface area contributed by atoms with Gasteiger partial charge >= 0.3 is 5.97 Å². The van der Waals surface area contributed by atoms with E-state index in [2.05, 4.69) is 0 Å². The molecule has 1 aliphatic heterocycles. The number of hydrogen-bond acceptors (Lipinski definition) is 4. The molecule has 1 fully saturated rings. The molecule has 1 saturated heterocycles. The van der Waals surface area contributed by atoms with Crippen molar-refractivity contribution in [2.45, 2.75) is 30.7 Å². The van der Waals surface area contributed by atoms with Crippen molar-refractivity contribution in [3.8, 4) is 5.75 Å². The Balaban J connectivity index is 2.34. The number of piperidine rings is 1. The number of benzene rings is 1. The predicted molar refractivity (Wildman–Crippen MR) is 76.7 cm³/mol. The summed E-state index contributed by atoms with van der Waals surface area (Å²) in [5.74, 6) is -1.15. The van der Waals surface area contributed by atoms with Gasteiger partial charge in [-0.25, -0.2) is 8.42 Å². The molecule has 0 aliphatic carbocycles. The van der Waals surface area contributed by atoms with Crippen molar-refractivity contribution >= 4 is 16.0 Å². The van der Waals surface area contributed by atoms with Crippen molar-refractivity contribution in [1.82, 2.24) is 4.31 Å². The van der Waals surface area contributed by atoms with Crippen molar-refractivity contribution in [3.05, 3.63) is 24.3 Å². The molecule has 2 atom stereocenters. The molecule has 0 radical (unpaired) electrons. The van der Waals surface area contributed by atoms with Crippen LogP contribution in [0.1, 0.15) is 19.8 Å². The van der Waals surface area contributed by atoms with E-state index in [4.69, 9.17) is 9.84 Å². The summed E-state index contributed by atoms with van der Waals surface area (Å²) in [6, 6.07) is 6.01. The lowest BCUT2D eigenvalue weighted by Gasteiger charge is -2.35. The molecule has 0 saturated carbocycles. The second-order valence-electron chi connectivity index (χ2n) is 5.22. The SMILES string of the molecule is COc1cccc(S(=O)(=O)N2CC(C(=O)O)CCC2C)c1. The Labute approximate surface area is 124 Å². The predicted octanol–water partition coefficient (Wildman–Crippen LogP) is 1.57. The zero-order valence-corrected chi connectivity index (χ0v) is 12.8. The number of rotatable bonds is 4. The molecule has 1 heterocycles. The number of methoxy groups -OCH3 is 1. The number of nitrogens with zero attached hydrogens (tertiary/aromatic N) is 1. The molecule has 2 unspecified atom stereocenters. The second kappa shape index (κ2) is 6.03. The molecule has 1 N–H and O–H groups in total. The van der Waals surface area contributed by atoms with Crippen LogP contribution in [0.15, 0.2) is 29.2 Å². The van der Waals surface area contributed by atoms with Gasteiger partial charge in [0.15, 0.2) is 0 Å². The zero-order chi connectivity index (χ0) is 15.6. The number of carbonyl (C=O) groups is 1. The van der Waals surface area contributed by atoms with Crippen LogP contribution in [0.3, 0.4) is 0 Å². The quantitative estimate of drug-likeness (QED) is 0.912. The first-order chi connectivity index (χ1) is 9.86. The number of carboxylic acids is 1. The average molecular weight is 313 g/mol. The van der Waals surface area contributed by atoms with Crippen LogP contribution < -0.4 is 4.74 Å². The molecule has 1 aromatic carbocycles. The van der Waals surface area contributed by atoms with E-state index in [1.165, 1.54) is 23.5 Å². The molecule has 7 heteroatoms. The van der Waals surface area contributed by atoms with E-state index in [-0.39, 0.29) is 17.5 Å². The highest BCUT2D eigenvalue weighted by atomic mass is 32.2. The third kappa shape index (κ3) is 3.19. The van der Waals surface area contributed by atoms with Crippen LogP contribution in [0.5, 0.6) is 5.75 Å². The first-order valence-corrected chi connectivity index (χ1v) is 8.19. The Morgan fingerprint density at radius 3 is 2.71 bits per heavy atom. The Morgan fingerprint density at radius 2 is 2.10 bits per heavy atom. The van der Waals surface area contributed by atoms with Crippen LogP contribution in [0.2, 0.25) is 0 Å². The lowest BCUT2D eigenvalue weighted by Crippen LogP contribution is -2.47. The summed E-state index contributed by atoms with van der Waals surface area (Å²) >= 11 is 0. The van der Waals surface area contributed by atoms with Gasteiger partial charge in [0.25, 0.3) is 0 Å². The van der Waals surface area contributed by atoms with Gasteiger partial charge in [-0.1, -0.05) is 6.07 Å². The molecule has 6 nitrogen and oxygen atoms in total. The minimum atomic E-state index is -3.72. The molecular weight excluding hydrogens is 294 g/mol. The van der Waals surface area contributed by atoms with Crippen molar-refractivity contribution in [2.24, 2.45) is 5.92 Å². The lowest BCUT2D eigenvalue weighted by molar-refractivity contribution is -0.143. The van der Waals surface area contributed by atoms with Gasteiger partial charge in [0.2, 0.25) is 10.0 Å². The Kier molecular flexibility index (Phi) is 4.53. The summed E-state index contributed by atoms with van der Waals surface area (Å²) in [7, 11) is -2.25. The molecule has 1 aliphatic rings. The minimum Gasteiger partial charge on any atom is -0.497 e. The van der Waals surface area contributed by atoms with Crippen molar-refractivity contribution in [1.29, 1.82) is 0 Å². The number of aliphatic carboxylic acids is 1. The summed E-state index contributed by atoms with van der Waals surface area (Å²) < 4.78 is 31.8. The molecule has 2 rings (SSSR count). The van der Waals surface area contributed by atoms with Gasteiger partial charge in [0.05, 0.1) is 17.9 Å². The fourth-order valence-electron chi connectivity index (χ4n) is 2.51. The summed E-state index contributed by atoms with van der Waals surface area (Å²) in [4.78, 5) is 11.3. The smallest absolute Gasteiger partial charge is 0.307 e. The highest BCUT2D eigenvalue weighted by Crippen LogP contribution is 2.29. The van der Waals surface area contributed by atoms with E-state index in [0.29, 0.717) is 18.6 Å². The van der Waals surface area contributed by atoms with Crippen molar-refractivity contribution < 1.29 is 23.1 Å². The average Bonchev–Trinajstić information content (AvgIpc) is 2.47. The van der Waals surface area contributed by atoms with E-state index in [1.54, 1.807) is 19.1 Å². The van der Waals surface area contributed by atoms with Gasteiger partial charge in [0.1, 0.15) is 5.75 Å². The maximum Gasteiger partial charge on any atom is 0.307 e. The van der Waals surface area contributed by atoms with Gasteiger partial charge in [-0.15, -0.1) is 0 Å². The van der Waals surface area contributed by atoms with Crippen LogP contribution in [-0.4, -0.2) is 43.5 Å². The third-order valence-electron chi connectivity index (χ3n) is 3.82. The van der Waals surface area contributed by atoms with Crippen LogP contribution in [0.25, 0.3) is 0 Å². The molecule has 116 valence electrons. The van der Waals surface area contributed by atoms with Crippen molar-refractivity contribution in [2.75, 3.05) is 13.7 Å². The topological polar surface area (TPSA) is 83.9 Å². The fraction of sp³-hybridized carbons (Fsp3) is 0.500.